The Morgan fingerprint density at radius 3 is 1.12 bits per heavy atom. The summed E-state index contributed by atoms with van der Waals surface area (Å²) in [6.45, 7) is 0. The lowest BCUT2D eigenvalue weighted by Gasteiger charge is -2.15. The van der Waals surface area contributed by atoms with Crippen molar-refractivity contribution in [3.8, 4) is 95.4 Å². The quantitative estimate of drug-likeness (QED) is 0.181. The second-order valence-electron chi connectivity index (χ2n) is 14.8. The Morgan fingerprint density at radius 1 is 0.281 bits per heavy atom. The van der Waals surface area contributed by atoms with Crippen molar-refractivity contribution in [1.82, 2.24) is 4.57 Å². The summed E-state index contributed by atoms with van der Waals surface area (Å²) in [4.78, 5) is 0. The van der Waals surface area contributed by atoms with E-state index in [0.717, 1.165) is 84.2 Å². The molecule has 9 aromatic carbocycles. The van der Waals surface area contributed by atoms with Crippen LogP contribution >= 0.6 is 0 Å². The van der Waals surface area contributed by atoms with Crippen molar-refractivity contribution >= 4 is 21.8 Å². The number of para-hydroxylation sites is 5. The topological polar surface area (TPSA) is 23.4 Å². The van der Waals surface area contributed by atoms with Crippen LogP contribution in [0.5, 0.6) is 23.0 Å². The van der Waals surface area contributed by atoms with Crippen molar-refractivity contribution in [3.63, 3.8) is 0 Å². The molecule has 2 aliphatic rings. The Labute approximate surface area is 330 Å². The third-order valence-corrected chi connectivity index (χ3v) is 11.6. The van der Waals surface area contributed by atoms with E-state index in [-0.39, 0.29) is 0 Å². The number of nitrogens with zero attached hydrogens (tertiary/aromatic N) is 1. The van der Waals surface area contributed by atoms with Crippen LogP contribution in [0, 0.1) is 0 Å². The van der Waals surface area contributed by atoms with Crippen molar-refractivity contribution in [2.45, 2.75) is 0 Å². The molecule has 3 heterocycles. The molecule has 0 N–H and O–H groups in total. The van der Waals surface area contributed by atoms with E-state index in [1.807, 2.05) is 12.1 Å². The van der Waals surface area contributed by atoms with Gasteiger partial charge in [0.25, 0.3) is 0 Å². The summed E-state index contributed by atoms with van der Waals surface area (Å²) in [5.41, 5.74) is 16.7. The Balaban J connectivity index is 1.09. The minimum absolute atomic E-state index is 0.858. The maximum Gasteiger partial charge on any atom is 0.143 e. The van der Waals surface area contributed by atoms with Gasteiger partial charge in [-0.25, -0.2) is 0 Å². The van der Waals surface area contributed by atoms with Crippen molar-refractivity contribution in [2.75, 3.05) is 0 Å². The van der Waals surface area contributed by atoms with Gasteiger partial charge in [0, 0.05) is 49.8 Å². The molecule has 0 saturated carbocycles. The highest BCUT2D eigenvalue weighted by atomic mass is 16.5. The Kier molecular flexibility index (Phi) is 6.93. The van der Waals surface area contributed by atoms with Gasteiger partial charge in [0.2, 0.25) is 0 Å². The van der Waals surface area contributed by atoms with Crippen LogP contribution in [-0.4, -0.2) is 4.57 Å². The summed E-state index contributed by atoms with van der Waals surface area (Å²) in [6, 6.07) is 71.3. The molecule has 3 nitrogen and oxygen atoms in total. The summed E-state index contributed by atoms with van der Waals surface area (Å²) in [5.74, 6) is 3.45. The van der Waals surface area contributed by atoms with E-state index >= 15 is 0 Å². The molecule has 1 aromatic heterocycles. The number of hydrogen-bond acceptors (Lipinski definition) is 2. The number of hydrogen-bond donors (Lipinski definition) is 0. The number of ether oxygens (including phenoxy) is 2. The second-order valence-corrected chi connectivity index (χ2v) is 14.8. The van der Waals surface area contributed by atoms with Gasteiger partial charge < -0.3 is 14.0 Å². The maximum absolute atomic E-state index is 6.92. The van der Waals surface area contributed by atoms with Crippen LogP contribution < -0.4 is 9.47 Å². The first kappa shape index (κ1) is 31.7. The standard InChI is InChI=1S/C54H33NO2/c1-2-14-36(15-3-1)55-49-30-28-34(37-22-12-24-45-41-18-6-4-16-39(41)43-20-8-10-26-51(43)56-53(37)45)32-47(49)48-33-35(29-31-50(48)55)38-23-13-25-46-42-19-7-5-17-40(42)44-21-9-11-27-52(44)57-54(38)46/h1-33H. The predicted molar refractivity (Wildman–Crippen MR) is 234 cm³/mol. The molecule has 0 unspecified atom stereocenters. The van der Waals surface area contributed by atoms with Crippen LogP contribution in [-0.2, 0) is 0 Å². The predicted octanol–water partition coefficient (Wildman–Crippen LogP) is 15.0. The van der Waals surface area contributed by atoms with E-state index in [0.29, 0.717) is 0 Å². The first-order valence-corrected chi connectivity index (χ1v) is 19.4. The lowest BCUT2D eigenvalue weighted by molar-refractivity contribution is 0.489. The molecule has 0 aliphatic carbocycles. The summed E-state index contributed by atoms with van der Waals surface area (Å²) in [6.07, 6.45) is 0. The average molecular weight is 728 g/mol. The first-order chi connectivity index (χ1) is 28.3. The first-order valence-electron chi connectivity index (χ1n) is 19.4. The molecule has 0 radical (unpaired) electrons. The van der Waals surface area contributed by atoms with Crippen molar-refractivity contribution in [2.24, 2.45) is 0 Å². The van der Waals surface area contributed by atoms with E-state index < -0.39 is 0 Å². The average Bonchev–Trinajstić information content (AvgIpc) is 3.41. The van der Waals surface area contributed by atoms with Gasteiger partial charge in [-0.3, -0.25) is 0 Å². The molecule has 0 atom stereocenters. The molecule has 2 aliphatic heterocycles. The van der Waals surface area contributed by atoms with E-state index in [9.17, 15) is 0 Å². The largest absolute Gasteiger partial charge is 0.455 e. The second kappa shape index (κ2) is 12.5. The molecule has 266 valence electrons. The van der Waals surface area contributed by atoms with Crippen molar-refractivity contribution in [3.05, 3.63) is 200 Å². The monoisotopic (exact) mass is 727 g/mol. The lowest BCUT2D eigenvalue weighted by atomic mass is 9.92. The summed E-state index contributed by atoms with van der Waals surface area (Å²) in [7, 11) is 0. The molecule has 0 fully saturated rings. The SMILES string of the molecule is c1ccc(-n2c3ccc(-c4cccc5c4Oc4ccccc4-c4ccccc4-5)cc3c3cc(-c4cccc5c4Oc4ccccc4-c4ccccc4-5)ccc32)cc1. The molecule has 0 amide bonds. The fourth-order valence-electron chi connectivity index (χ4n) is 9.07. The lowest BCUT2D eigenvalue weighted by Crippen LogP contribution is -1.94. The number of aromatic nitrogens is 1. The summed E-state index contributed by atoms with van der Waals surface area (Å²) >= 11 is 0. The van der Waals surface area contributed by atoms with Crippen LogP contribution in [0.3, 0.4) is 0 Å². The van der Waals surface area contributed by atoms with Gasteiger partial charge in [-0.15, -0.1) is 0 Å². The minimum atomic E-state index is 0.858. The fourth-order valence-corrected chi connectivity index (χ4v) is 9.07. The number of fused-ring (bicyclic) bond motifs is 13. The van der Waals surface area contributed by atoms with Gasteiger partial charge in [0.15, 0.2) is 0 Å². The van der Waals surface area contributed by atoms with Gasteiger partial charge in [0.05, 0.1) is 11.0 Å². The third kappa shape index (κ3) is 4.86. The molecule has 57 heavy (non-hydrogen) atoms. The zero-order chi connectivity index (χ0) is 37.5. The molecule has 12 rings (SSSR count). The molecular formula is C54H33NO2. The maximum atomic E-state index is 6.92. The Bertz CT molecular complexity index is 3050. The minimum Gasteiger partial charge on any atom is -0.455 e. The molecule has 0 bridgehead atoms. The van der Waals surface area contributed by atoms with Crippen LogP contribution in [0.2, 0.25) is 0 Å². The van der Waals surface area contributed by atoms with E-state index in [1.54, 1.807) is 0 Å². The molecule has 0 saturated heterocycles. The summed E-state index contributed by atoms with van der Waals surface area (Å²) in [5, 5.41) is 2.33. The van der Waals surface area contributed by atoms with E-state index in [1.165, 1.54) is 33.0 Å². The highest BCUT2D eigenvalue weighted by molar-refractivity contribution is 6.12. The molecule has 10 aromatic rings. The number of rotatable bonds is 3. The highest BCUT2D eigenvalue weighted by Crippen LogP contribution is 2.52. The van der Waals surface area contributed by atoms with E-state index in [2.05, 4.69) is 193 Å². The smallest absolute Gasteiger partial charge is 0.143 e. The Hall–Kier alpha value is -7.62. The molecule has 3 heteroatoms. The van der Waals surface area contributed by atoms with Gasteiger partial charge in [0.1, 0.15) is 23.0 Å². The third-order valence-electron chi connectivity index (χ3n) is 11.6. The molecule has 0 spiro atoms. The highest BCUT2D eigenvalue weighted by Gasteiger charge is 2.26. The van der Waals surface area contributed by atoms with Crippen LogP contribution in [0.15, 0.2) is 200 Å². The van der Waals surface area contributed by atoms with Crippen LogP contribution in [0.1, 0.15) is 0 Å². The van der Waals surface area contributed by atoms with Gasteiger partial charge in [-0.1, -0.05) is 152 Å². The number of benzene rings is 9. The summed E-state index contributed by atoms with van der Waals surface area (Å²) < 4.78 is 16.2. The van der Waals surface area contributed by atoms with Crippen molar-refractivity contribution in [1.29, 1.82) is 0 Å². The molecular weight excluding hydrogens is 695 g/mol. The Morgan fingerprint density at radius 2 is 0.649 bits per heavy atom. The van der Waals surface area contributed by atoms with E-state index in [4.69, 9.17) is 9.47 Å². The fraction of sp³-hybridized carbons (Fsp3) is 0. The van der Waals surface area contributed by atoms with Gasteiger partial charge in [-0.2, -0.15) is 0 Å². The van der Waals surface area contributed by atoms with Gasteiger partial charge >= 0.3 is 0 Å². The normalized spacial score (nSPS) is 12.1. The zero-order valence-electron chi connectivity index (χ0n) is 30.8. The van der Waals surface area contributed by atoms with Crippen molar-refractivity contribution < 1.29 is 9.47 Å². The zero-order valence-corrected chi connectivity index (χ0v) is 30.8. The van der Waals surface area contributed by atoms with Gasteiger partial charge in [-0.05, 0) is 81.9 Å². The van der Waals surface area contributed by atoms with Crippen LogP contribution in [0.4, 0.5) is 0 Å². The van der Waals surface area contributed by atoms with Crippen LogP contribution in [0.25, 0.3) is 94.3 Å².